The average Bonchev–Trinajstić information content (AvgIpc) is 3.24. The molecule has 0 saturated heterocycles. The van der Waals surface area contributed by atoms with Crippen LogP contribution in [0.15, 0.2) is 59.9 Å². The highest BCUT2D eigenvalue weighted by molar-refractivity contribution is 5.41. The topological polar surface area (TPSA) is 108 Å². The van der Waals surface area contributed by atoms with Gasteiger partial charge in [0.05, 0.1) is 24.3 Å². The number of rotatable bonds is 5. The number of nitrogen functional groups attached to an aromatic ring is 1. The van der Waals surface area contributed by atoms with Gasteiger partial charge >= 0.3 is 6.61 Å². The summed E-state index contributed by atoms with van der Waals surface area (Å²) in [5.41, 5.74) is 5.85. The molecule has 1 aliphatic rings. The molecule has 0 spiro atoms. The Labute approximate surface area is 174 Å². The van der Waals surface area contributed by atoms with Gasteiger partial charge in [-0.2, -0.15) is 8.78 Å². The van der Waals surface area contributed by atoms with Crippen LogP contribution in [-0.2, 0) is 0 Å². The van der Waals surface area contributed by atoms with E-state index in [4.69, 9.17) is 5.73 Å². The third-order valence-electron chi connectivity index (χ3n) is 4.43. The number of ether oxygens (including phenoxy) is 1. The summed E-state index contributed by atoms with van der Waals surface area (Å²) in [5, 5.41) is 3.44. The molecule has 30 heavy (non-hydrogen) atoms. The molecule has 10 heteroatoms. The van der Waals surface area contributed by atoms with Gasteiger partial charge in [-0.1, -0.05) is 18.9 Å². The molecule has 3 aromatic heterocycles. The van der Waals surface area contributed by atoms with Gasteiger partial charge in [-0.25, -0.2) is 15.0 Å². The molecule has 0 unspecified atom stereocenters. The van der Waals surface area contributed by atoms with Gasteiger partial charge in [0, 0.05) is 21.2 Å². The first-order chi connectivity index (χ1) is 14.5. The van der Waals surface area contributed by atoms with E-state index in [1.165, 1.54) is 25.7 Å². The molecule has 3 N–H and O–H groups in total. The Morgan fingerprint density at radius 1 is 1.10 bits per heavy atom. The summed E-state index contributed by atoms with van der Waals surface area (Å²) in [7, 11) is 0. The second-order valence-corrected chi connectivity index (χ2v) is 6.59. The van der Waals surface area contributed by atoms with E-state index in [1.807, 2.05) is 18.2 Å². The van der Waals surface area contributed by atoms with Crippen LogP contribution in [0.25, 0.3) is 5.69 Å². The Bertz CT molecular complexity index is 984. The summed E-state index contributed by atoms with van der Waals surface area (Å²) in [6.45, 7) is -2.86. The number of nitrogens with zero attached hydrogens (tertiary/aromatic N) is 4. The first-order valence-electron chi connectivity index (χ1n) is 9.44. The van der Waals surface area contributed by atoms with Crippen molar-refractivity contribution >= 4 is 11.8 Å². The molecule has 4 rings (SSSR count). The van der Waals surface area contributed by atoms with E-state index in [-0.39, 0.29) is 20.1 Å². The number of anilines is 2. The maximum absolute atomic E-state index is 11.7. The maximum atomic E-state index is 11.7. The Hall–Kier alpha value is -3.56. The van der Waals surface area contributed by atoms with Gasteiger partial charge < -0.3 is 15.8 Å². The van der Waals surface area contributed by atoms with Gasteiger partial charge in [-0.05, 0) is 31.0 Å². The molecule has 1 fully saturated rings. The number of alkyl halides is 2. The predicted octanol–water partition coefficient (Wildman–Crippen LogP) is 3.74. The number of hydrogen-bond donors (Lipinski definition) is 2. The zero-order valence-electron chi connectivity index (χ0n) is 16.1. The summed E-state index contributed by atoms with van der Waals surface area (Å²) in [6.07, 6.45) is 10.7. The lowest BCUT2D eigenvalue weighted by atomic mass is 10.2. The average molecular weight is 420 g/mol. The van der Waals surface area contributed by atoms with Crippen molar-refractivity contribution in [3.8, 4) is 11.4 Å². The molecule has 3 aromatic rings. The molecule has 1 aliphatic carbocycles. The van der Waals surface area contributed by atoms with Crippen LogP contribution in [0.1, 0.15) is 28.5 Å². The molecule has 0 amide bonds. The van der Waals surface area contributed by atoms with Crippen molar-refractivity contribution in [2.45, 2.75) is 38.3 Å². The molecule has 0 radical (unpaired) electrons. The van der Waals surface area contributed by atoms with Crippen LogP contribution in [-0.4, -0.2) is 32.2 Å². The van der Waals surface area contributed by atoms with E-state index < -0.39 is 6.61 Å². The smallest absolute Gasteiger partial charge is 0.387 e. The largest absolute Gasteiger partial charge is 0.432 e. The third kappa shape index (κ3) is 6.23. The van der Waals surface area contributed by atoms with E-state index in [0.29, 0.717) is 6.04 Å². The predicted molar refractivity (Wildman–Crippen MR) is 113 cm³/mol. The van der Waals surface area contributed by atoms with Crippen molar-refractivity contribution in [1.82, 2.24) is 19.5 Å². The van der Waals surface area contributed by atoms with Crippen LogP contribution in [0, 0.1) is 0 Å². The Morgan fingerprint density at radius 2 is 1.83 bits per heavy atom. The molecule has 0 atom stereocenters. The molecular weight excluding hydrogens is 394 g/mol. The fourth-order valence-corrected chi connectivity index (χ4v) is 3.02. The Balaban J connectivity index is 0.000000342. The highest BCUT2D eigenvalue weighted by Crippen LogP contribution is 2.21. The van der Waals surface area contributed by atoms with Crippen LogP contribution in [0.2, 0.25) is 0 Å². The van der Waals surface area contributed by atoms with Crippen molar-refractivity contribution in [1.29, 1.82) is 0 Å². The number of nitrogens with one attached hydrogen (secondary N) is 1. The summed E-state index contributed by atoms with van der Waals surface area (Å²) in [6, 6.07) is 9.54. The van der Waals surface area contributed by atoms with Gasteiger partial charge in [0.1, 0.15) is 5.82 Å². The number of hydrogen-bond acceptors (Lipinski definition) is 7. The summed E-state index contributed by atoms with van der Waals surface area (Å²) >= 11 is 0. The molecule has 0 aliphatic heterocycles. The minimum atomic E-state index is -2.86. The summed E-state index contributed by atoms with van der Waals surface area (Å²) in [5.74, 6) is 0.806. The van der Waals surface area contributed by atoms with Crippen molar-refractivity contribution in [3.05, 3.63) is 65.5 Å². The van der Waals surface area contributed by atoms with E-state index in [0.717, 1.165) is 23.9 Å². The highest BCUT2D eigenvalue weighted by atomic mass is 19.3. The normalized spacial score (nSPS) is 13.6. The summed E-state index contributed by atoms with van der Waals surface area (Å²) < 4.78 is 28.6. The standard InChI is InChI=1S/C15H17N3O.C5H5F2N3O.2H2/c19-15-7-3-4-10-18(15)13-8-9-14(16-11-13)17-12-5-1-2-6-12;6-4(7)11-3-1-9-5(8)10-2-3;;/h3-4,7-12H,1-2,5-6H2,(H,16,17);1-2,4H,(H2,8,9,10);2*1H. The van der Waals surface area contributed by atoms with E-state index in [2.05, 4.69) is 25.0 Å². The molecule has 0 aromatic carbocycles. The van der Waals surface area contributed by atoms with Crippen LogP contribution in [0.5, 0.6) is 5.75 Å². The number of aromatic nitrogens is 4. The third-order valence-corrected chi connectivity index (χ3v) is 4.43. The monoisotopic (exact) mass is 420 g/mol. The van der Waals surface area contributed by atoms with Crippen molar-refractivity contribution in [2.24, 2.45) is 0 Å². The van der Waals surface area contributed by atoms with Crippen molar-refractivity contribution < 1.29 is 16.4 Å². The van der Waals surface area contributed by atoms with Crippen LogP contribution < -0.4 is 21.3 Å². The van der Waals surface area contributed by atoms with Crippen molar-refractivity contribution in [2.75, 3.05) is 11.1 Å². The van der Waals surface area contributed by atoms with Crippen LogP contribution in [0.3, 0.4) is 0 Å². The van der Waals surface area contributed by atoms with E-state index in [1.54, 1.807) is 29.1 Å². The zero-order chi connectivity index (χ0) is 21.3. The number of halogens is 2. The number of pyridine rings is 2. The van der Waals surface area contributed by atoms with Gasteiger partial charge in [0.25, 0.3) is 5.56 Å². The summed E-state index contributed by atoms with van der Waals surface area (Å²) in [4.78, 5) is 23.0. The van der Waals surface area contributed by atoms with E-state index in [9.17, 15) is 13.6 Å². The minimum absolute atomic E-state index is 0. The first-order valence-corrected chi connectivity index (χ1v) is 9.44. The quantitative estimate of drug-likeness (QED) is 0.647. The molecule has 162 valence electrons. The fraction of sp³-hybridized carbons (Fsp3) is 0.300. The van der Waals surface area contributed by atoms with Crippen LogP contribution >= 0.6 is 0 Å². The fourth-order valence-electron chi connectivity index (χ4n) is 3.02. The first kappa shape index (κ1) is 21.2. The van der Waals surface area contributed by atoms with Crippen molar-refractivity contribution in [3.63, 3.8) is 0 Å². The Morgan fingerprint density at radius 3 is 2.43 bits per heavy atom. The minimum Gasteiger partial charge on any atom is -0.432 e. The molecular formula is C20H26F2N6O2. The van der Waals surface area contributed by atoms with Gasteiger partial charge in [-0.3, -0.25) is 9.36 Å². The Kier molecular flexibility index (Phi) is 7.25. The van der Waals surface area contributed by atoms with Gasteiger partial charge in [0.15, 0.2) is 5.75 Å². The van der Waals surface area contributed by atoms with E-state index >= 15 is 0 Å². The van der Waals surface area contributed by atoms with Crippen LogP contribution in [0.4, 0.5) is 20.5 Å². The maximum Gasteiger partial charge on any atom is 0.387 e. The SMILES string of the molecule is Nc1ncc(OC(F)F)cn1.O=c1ccccn1-c1ccc(NC2CCCC2)nc1.[HH].[HH]. The lowest BCUT2D eigenvalue weighted by Gasteiger charge is -2.13. The lowest BCUT2D eigenvalue weighted by molar-refractivity contribution is -0.0503. The number of nitrogens with two attached hydrogens (primary N) is 1. The second-order valence-electron chi connectivity index (χ2n) is 6.59. The second kappa shape index (κ2) is 10.3. The van der Waals surface area contributed by atoms with Gasteiger partial charge in [-0.15, -0.1) is 0 Å². The molecule has 0 bridgehead atoms. The van der Waals surface area contributed by atoms with Gasteiger partial charge in [0.2, 0.25) is 5.95 Å². The zero-order valence-corrected chi connectivity index (χ0v) is 16.1. The molecule has 1 saturated carbocycles. The highest BCUT2D eigenvalue weighted by Gasteiger charge is 2.14. The molecule has 3 heterocycles. The lowest BCUT2D eigenvalue weighted by Crippen LogP contribution is -2.17. The molecule has 8 nitrogen and oxygen atoms in total.